The molecule has 0 radical (unpaired) electrons. The Morgan fingerprint density at radius 1 is 1.29 bits per heavy atom. The molecule has 2 fully saturated rings. The van der Waals surface area contributed by atoms with Gasteiger partial charge in [-0.3, -0.25) is 4.79 Å². The predicted molar refractivity (Wildman–Crippen MR) is 72.1 cm³/mol. The van der Waals surface area contributed by atoms with E-state index in [-0.39, 0.29) is 24.4 Å². The van der Waals surface area contributed by atoms with Gasteiger partial charge in [0.1, 0.15) is 0 Å². The van der Waals surface area contributed by atoms with Crippen molar-refractivity contribution in [1.82, 2.24) is 4.90 Å². The smallest absolute Gasteiger partial charge is 0.225 e. The molecule has 0 spiro atoms. The largest absolute Gasteiger partial charge is 0.342 e. The first-order chi connectivity index (χ1) is 7.58. The van der Waals surface area contributed by atoms with Crippen LogP contribution in [0, 0.1) is 17.8 Å². The SMILES string of the molecule is CC(C)C1CCN(C(=O)C2CCC(N)C2)C1.Cl. The second-order valence-electron chi connectivity index (χ2n) is 5.85. The van der Waals surface area contributed by atoms with E-state index in [9.17, 15) is 4.79 Å². The van der Waals surface area contributed by atoms with Crippen molar-refractivity contribution in [2.24, 2.45) is 23.5 Å². The zero-order valence-electron chi connectivity index (χ0n) is 10.9. The lowest BCUT2D eigenvalue weighted by atomic mass is 9.95. The van der Waals surface area contributed by atoms with E-state index in [1.54, 1.807) is 0 Å². The van der Waals surface area contributed by atoms with Gasteiger partial charge in [0.2, 0.25) is 5.91 Å². The van der Waals surface area contributed by atoms with Gasteiger partial charge >= 0.3 is 0 Å². The molecule has 0 aromatic rings. The van der Waals surface area contributed by atoms with Crippen LogP contribution in [0.5, 0.6) is 0 Å². The van der Waals surface area contributed by atoms with Crippen LogP contribution in [0.1, 0.15) is 39.5 Å². The third-order valence-electron chi connectivity index (χ3n) is 4.30. The molecule has 1 aliphatic heterocycles. The first-order valence-corrected chi connectivity index (χ1v) is 6.62. The van der Waals surface area contributed by atoms with Gasteiger partial charge in [-0.15, -0.1) is 12.4 Å². The molecule has 0 aromatic carbocycles. The van der Waals surface area contributed by atoms with E-state index < -0.39 is 0 Å². The maximum Gasteiger partial charge on any atom is 0.225 e. The topological polar surface area (TPSA) is 46.3 Å². The van der Waals surface area contributed by atoms with E-state index in [0.29, 0.717) is 17.7 Å². The number of nitrogens with two attached hydrogens (primary N) is 1. The van der Waals surface area contributed by atoms with Gasteiger partial charge in [-0.05, 0) is 37.5 Å². The van der Waals surface area contributed by atoms with Crippen molar-refractivity contribution in [3.05, 3.63) is 0 Å². The van der Waals surface area contributed by atoms with E-state index in [1.165, 1.54) is 6.42 Å². The number of nitrogens with zero attached hydrogens (tertiary/aromatic N) is 1. The molecule has 3 nitrogen and oxygen atoms in total. The van der Waals surface area contributed by atoms with Gasteiger partial charge < -0.3 is 10.6 Å². The molecule has 3 unspecified atom stereocenters. The van der Waals surface area contributed by atoms with Crippen LogP contribution in [-0.2, 0) is 4.79 Å². The van der Waals surface area contributed by atoms with Gasteiger partial charge in [-0.25, -0.2) is 0 Å². The van der Waals surface area contributed by atoms with Crippen LogP contribution in [0.2, 0.25) is 0 Å². The fraction of sp³-hybridized carbons (Fsp3) is 0.923. The molecule has 1 aliphatic carbocycles. The Morgan fingerprint density at radius 3 is 2.47 bits per heavy atom. The molecule has 2 N–H and O–H groups in total. The predicted octanol–water partition coefficient (Wildman–Crippen LogP) is 2.04. The summed E-state index contributed by atoms with van der Waals surface area (Å²) in [5.74, 6) is 2.00. The molecular formula is C13H25ClN2O. The zero-order valence-corrected chi connectivity index (χ0v) is 11.7. The lowest BCUT2D eigenvalue weighted by molar-refractivity contribution is -0.134. The van der Waals surface area contributed by atoms with E-state index >= 15 is 0 Å². The van der Waals surface area contributed by atoms with E-state index in [0.717, 1.165) is 32.4 Å². The Hall–Kier alpha value is -0.280. The van der Waals surface area contributed by atoms with E-state index in [4.69, 9.17) is 5.73 Å². The summed E-state index contributed by atoms with van der Waals surface area (Å²) in [5, 5.41) is 0. The van der Waals surface area contributed by atoms with E-state index in [2.05, 4.69) is 18.7 Å². The minimum Gasteiger partial charge on any atom is -0.342 e. The number of likely N-dealkylation sites (tertiary alicyclic amines) is 1. The van der Waals surface area contributed by atoms with Crippen molar-refractivity contribution >= 4 is 18.3 Å². The molecule has 1 saturated carbocycles. The summed E-state index contributed by atoms with van der Waals surface area (Å²) in [5.41, 5.74) is 5.87. The number of carbonyl (C=O) groups is 1. The summed E-state index contributed by atoms with van der Waals surface area (Å²) < 4.78 is 0. The van der Waals surface area contributed by atoms with Gasteiger partial charge in [0.15, 0.2) is 0 Å². The van der Waals surface area contributed by atoms with Crippen molar-refractivity contribution < 1.29 is 4.79 Å². The highest BCUT2D eigenvalue weighted by atomic mass is 35.5. The fourth-order valence-corrected chi connectivity index (χ4v) is 3.03. The molecular weight excluding hydrogens is 236 g/mol. The molecule has 17 heavy (non-hydrogen) atoms. The Bertz CT molecular complexity index is 270. The number of halogens is 1. The second-order valence-corrected chi connectivity index (χ2v) is 5.85. The van der Waals surface area contributed by atoms with Crippen LogP contribution >= 0.6 is 12.4 Å². The number of hydrogen-bond donors (Lipinski definition) is 1. The maximum absolute atomic E-state index is 12.2. The molecule has 3 atom stereocenters. The van der Waals surface area contributed by atoms with Gasteiger partial charge in [0.05, 0.1) is 0 Å². The van der Waals surface area contributed by atoms with Gasteiger partial charge in [-0.1, -0.05) is 13.8 Å². The van der Waals surface area contributed by atoms with Crippen LogP contribution in [0.3, 0.4) is 0 Å². The van der Waals surface area contributed by atoms with Crippen LogP contribution in [0.15, 0.2) is 0 Å². The van der Waals surface area contributed by atoms with Crippen molar-refractivity contribution in [3.8, 4) is 0 Å². The molecule has 0 bridgehead atoms. The number of amides is 1. The standard InChI is InChI=1S/C13H24N2O.ClH/c1-9(2)11-5-6-15(8-11)13(16)10-3-4-12(14)7-10;/h9-12H,3-8,14H2,1-2H3;1H. The number of rotatable bonds is 2. The lowest BCUT2D eigenvalue weighted by Crippen LogP contribution is -2.34. The highest BCUT2D eigenvalue weighted by Gasteiger charge is 2.34. The quantitative estimate of drug-likeness (QED) is 0.826. The van der Waals surface area contributed by atoms with Crippen LogP contribution in [-0.4, -0.2) is 29.9 Å². The van der Waals surface area contributed by atoms with Crippen molar-refractivity contribution in [2.45, 2.75) is 45.6 Å². The molecule has 100 valence electrons. The number of hydrogen-bond acceptors (Lipinski definition) is 2. The average Bonchev–Trinajstić information content (AvgIpc) is 2.84. The maximum atomic E-state index is 12.2. The van der Waals surface area contributed by atoms with Crippen LogP contribution < -0.4 is 5.73 Å². The zero-order chi connectivity index (χ0) is 11.7. The monoisotopic (exact) mass is 260 g/mol. The Labute approximate surface area is 111 Å². The van der Waals surface area contributed by atoms with E-state index in [1.807, 2.05) is 0 Å². The van der Waals surface area contributed by atoms with Gasteiger partial charge in [0, 0.05) is 25.0 Å². The highest BCUT2D eigenvalue weighted by molar-refractivity contribution is 5.85. The van der Waals surface area contributed by atoms with Crippen LogP contribution in [0.4, 0.5) is 0 Å². The summed E-state index contributed by atoms with van der Waals surface area (Å²) >= 11 is 0. The van der Waals surface area contributed by atoms with Crippen molar-refractivity contribution in [3.63, 3.8) is 0 Å². The third-order valence-corrected chi connectivity index (χ3v) is 4.30. The Balaban J connectivity index is 0.00000144. The average molecular weight is 261 g/mol. The second kappa shape index (κ2) is 6.05. The molecule has 0 aromatic heterocycles. The Kier molecular flexibility index (Phi) is 5.26. The molecule has 2 rings (SSSR count). The summed E-state index contributed by atoms with van der Waals surface area (Å²) in [6.45, 7) is 6.45. The molecule has 1 saturated heterocycles. The molecule has 1 amide bonds. The van der Waals surface area contributed by atoms with Crippen LogP contribution in [0.25, 0.3) is 0 Å². The lowest BCUT2D eigenvalue weighted by Gasteiger charge is -2.21. The number of carbonyl (C=O) groups excluding carboxylic acids is 1. The molecule has 1 heterocycles. The first kappa shape index (κ1) is 14.8. The summed E-state index contributed by atoms with van der Waals surface area (Å²) in [6.07, 6.45) is 4.12. The Morgan fingerprint density at radius 2 is 2.00 bits per heavy atom. The summed E-state index contributed by atoms with van der Waals surface area (Å²) in [6, 6.07) is 0.262. The first-order valence-electron chi connectivity index (χ1n) is 6.62. The molecule has 2 aliphatic rings. The normalized spacial score (nSPS) is 32.9. The third kappa shape index (κ3) is 3.35. The summed E-state index contributed by atoms with van der Waals surface area (Å²) in [7, 11) is 0. The molecule has 4 heteroatoms. The fourth-order valence-electron chi connectivity index (χ4n) is 3.03. The van der Waals surface area contributed by atoms with Crippen molar-refractivity contribution in [2.75, 3.05) is 13.1 Å². The minimum absolute atomic E-state index is 0. The highest BCUT2D eigenvalue weighted by Crippen LogP contribution is 2.30. The van der Waals surface area contributed by atoms with Gasteiger partial charge in [0.25, 0.3) is 0 Å². The van der Waals surface area contributed by atoms with Gasteiger partial charge in [-0.2, -0.15) is 0 Å². The van der Waals surface area contributed by atoms with Crippen molar-refractivity contribution in [1.29, 1.82) is 0 Å². The summed E-state index contributed by atoms with van der Waals surface area (Å²) in [4.78, 5) is 14.3. The minimum atomic E-state index is 0.